The van der Waals surface area contributed by atoms with E-state index in [4.69, 9.17) is 10.5 Å². The summed E-state index contributed by atoms with van der Waals surface area (Å²) < 4.78 is 5.92. The molecule has 0 unspecified atom stereocenters. The molecule has 0 spiro atoms. The number of benzene rings is 3. The lowest BCUT2D eigenvalue weighted by atomic mass is 9.55. The molecule has 0 aliphatic heterocycles. The molecule has 336 valence electrons. The molecule has 2 fully saturated rings. The van der Waals surface area contributed by atoms with Crippen LogP contribution in [0.3, 0.4) is 0 Å². The standard InChI is InChI=1S/C48H60N6O9/c1-28(2)21-38(45(49)60)54-47(62)40(22-29-7-5-4-6-8-29)52-43(58)26-50-42(57)25-51-46(61)39(23-30-9-12-32(55)13-10-30)53-44(59)27-63-33-14-16-34-31(24-33)11-15-36-35(34)19-20-48(3)37(36)17-18-41(48)56/h4-10,12-14,16,24,28,35-40,55H,11,15,17-23,25-27H2,1-3H3,(H2,49,60)(H,50,57)(H,51,61)(H,52,58)(H,53,59)(H,54,62)/t35-,36-,37+,38+,39+,40+,48+/m1/s1. The molecule has 3 aliphatic carbocycles. The van der Waals surface area contributed by atoms with E-state index in [1.165, 1.54) is 23.3 Å². The van der Waals surface area contributed by atoms with Crippen LogP contribution in [0.4, 0.5) is 0 Å². The minimum Gasteiger partial charge on any atom is -0.508 e. The zero-order chi connectivity index (χ0) is 45.3. The summed E-state index contributed by atoms with van der Waals surface area (Å²) in [6.45, 7) is 4.51. The largest absolute Gasteiger partial charge is 0.508 e. The summed E-state index contributed by atoms with van der Waals surface area (Å²) in [5, 5.41) is 22.7. The number of ether oxygens (including phenoxy) is 1. The number of phenols is 1. The minimum atomic E-state index is -1.13. The molecule has 0 heterocycles. The van der Waals surface area contributed by atoms with Gasteiger partial charge >= 0.3 is 0 Å². The average molecular weight is 865 g/mol. The van der Waals surface area contributed by atoms with E-state index < -0.39 is 66.7 Å². The van der Waals surface area contributed by atoms with Gasteiger partial charge in [-0.15, -0.1) is 0 Å². The topological polar surface area (TPSA) is 235 Å². The molecule has 6 amide bonds. The van der Waals surface area contributed by atoms with Gasteiger partial charge in [-0.05, 0) is 109 Å². The number of hydrogen-bond donors (Lipinski definition) is 7. The van der Waals surface area contributed by atoms with Crippen LogP contribution in [-0.2, 0) is 52.8 Å². The second-order valence-electron chi connectivity index (χ2n) is 17.9. The lowest BCUT2D eigenvalue weighted by molar-refractivity contribution is -0.132. The predicted octanol–water partition coefficient (Wildman–Crippen LogP) is 2.90. The van der Waals surface area contributed by atoms with E-state index in [1.54, 1.807) is 36.4 Å². The van der Waals surface area contributed by atoms with Gasteiger partial charge in [0.1, 0.15) is 35.4 Å². The van der Waals surface area contributed by atoms with E-state index in [-0.39, 0.29) is 36.5 Å². The van der Waals surface area contributed by atoms with Crippen LogP contribution >= 0.6 is 0 Å². The van der Waals surface area contributed by atoms with Crippen LogP contribution < -0.4 is 37.1 Å². The maximum Gasteiger partial charge on any atom is 0.258 e. The Hall–Kier alpha value is -6.25. The normalized spacial score (nSPS) is 21.3. The number of carbonyl (C=O) groups excluding carboxylic acids is 7. The summed E-state index contributed by atoms with van der Waals surface area (Å²) in [5.74, 6) is -1.58. The highest BCUT2D eigenvalue weighted by atomic mass is 16.5. The highest BCUT2D eigenvalue weighted by molar-refractivity contribution is 5.94. The monoisotopic (exact) mass is 864 g/mol. The highest BCUT2D eigenvalue weighted by Crippen LogP contribution is 2.59. The Kier molecular flexibility index (Phi) is 15.2. The number of amides is 6. The Labute approximate surface area is 368 Å². The third-order valence-electron chi connectivity index (χ3n) is 13.0. The first-order chi connectivity index (χ1) is 30.1. The van der Waals surface area contributed by atoms with Gasteiger partial charge in [0.2, 0.25) is 29.5 Å². The number of hydrogen-bond acceptors (Lipinski definition) is 9. The van der Waals surface area contributed by atoms with E-state index in [9.17, 15) is 38.7 Å². The quantitative estimate of drug-likeness (QED) is 0.0938. The van der Waals surface area contributed by atoms with Crippen molar-refractivity contribution in [3.8, 4) is 11.5 Å². The summed E-state index contributed by atoms with van der Waals surface area (Å²) in [7, 11) is 0. The van der Waals surface area contributed by atoms with Crippen LogP contribution in [0.25, 0.3) is 0 Å². The number of phenolic OH excluding ortho intramolecular Hbond substituents is 1. The van der Waals surface area contributed by atoms with E-state index in [2.05, 4.69) is 39.6 Å². The number of aryl methyl sites for hydroxylation is 1. The van der Waals surface area contributed by atoms with Crippen molar-refractivity contribution in [2.24, 2.45) is 28.9 Å². The molecule has 63 heavy (non-hydrogen) atoms. The fraction of sp³-hybridized carbons (Fsp3) is 0.479. The van der Waals surface area contributed by atoms with Gasteiger partial charge in [-0.1, -0.05) is 69.3 Å². The second kappa shape index (κ2) is 20.7. The summed E-state index contributed by atoms with van der Waals surface area (Å²) in [5.41, 5.74) is 9.20. The van der Waals surface area contributed by atoms with Gasteiger partial charge in [0.15, 0.2) is 6.61 Å². The molecule has 6 rings (SSSR count). The van der Waals surface area contributed by atoms with Gasteiger partial charge in [-0.25, -0.2) is 0 Å². The lowest BCUT2D eigenvalue weighted by Crippen LogP contribution is -2.55. The Balaban J connectivity index is 1.01. The Morgan fingerprint density at radius 2 is 1.43 bits per heavy atom. The highest BCUT2D eigenvalue weighted by Gasteiger charge is 2.54. The Bertz CT molecular complexity index is 2160. The number of carbonyl (C=O) groups is 7. The Morgan fingerprint density at radius 1 is 0.762 bits per heavy atom. The molecule has 7 atom stereocenters. The minimum absolute atomic E-state index is 0.0297. The second-order valence-corrected chi connectivity index (χ2v) is 17.9. The number of nitrogens with one attached hydrogen (secondary N) is 5. The van der Waals surface area contributed by atoms with Crippen molar-refractivity contribution in [1.29, 1.82) is 0 Å². The van der Waals surface area contributed by atoms with Gasteiger partial charge in [-0.2, -0.15) is 0 Å². The number of rotatable bonds is 19. The fourth-order valence-electron chi connectivity index (χ4n) is 9.71. The molecule has 3 aromatic rings. The first-order valence-electron chi connectivity index (χ1n) is 21.9. The number of nitrogens with two attached hydrogens (primary N) is 1. The molecule has 3 aliphatic rings. The zero-order valence-corrected chi connectivity index (χ0v) is 36.2. The van der Waals surface area contributed by atoms with Crippen molar-refractivity contribution < 1.29 is 43.4 Å². The molecule has 3 aromatic carbocycles. The number of Topliss-reactive ketones (excluding diaryl/α,β-unsaturated/α-hetero) is 1. The van der Waals surface area contributed by atoms with Crippen LogP contribution in [0, 0.1) is 23.2 Å². The van der Waals surface area contributed by atoms with Gasteiger partial charge in [0.25, 0.3) is 5.91 Å². The van der Waals surface area contributed by atoms with Crippen molar-refractivity contribution >= 4 is 41.2 Å². The van der Waals surface area contributed by atoms with Gasteiger partial charge in [0, 0.05) is 24.7 Å². The third kappa shape index (κ3) is 12.0. The number of fused-ring (bicyclic) bond motifs is 5. The molecule has 0 saturated heterocycles. The van der Waals surface area contributed by atoms with E-state index in [1.807, 2.05) is 32.0 Å². The summed E-state index contributed by atoms with van der Waals surface area (Å²) in [4.78, 5) is 90.7. The number of primary amides is 1. The van der Waals surface area contributed by atoms with Crippen molar-refractivity contribution in [1.82, 2.24) is 26.6 Å². The van der Waals surface area contributed by atoms with E-state index >= 15 is 0 Å². The molecule has 15 nitrogen and oxygen atoms in total. The molecule has 0 bridgehead atoms. The fourth-order valence-corrected chi connectivity index (χ4v) is 9.71. The van der Waals surface area contributed by atoms with Crippen LogP contribution in [0.2, 0.25) is 0 Å². The smallest absolute Gasteiger partial charge is 0.258 e. The summed E-state index contributed by atoms with van der Waals surface area (Å²) in [6, 6.07) is 17.9. The lowest BCUT2D eigenvalue weighted by Gasteiger charge is -2.48. The molecule has 15 heteroatoms. The maximum absolute atomic E-state index is 13.5. The van der Waals surface area contributed by atoms with Crippen molar-refractivity contribution in [2.45, 2.75) is 103 Å². The first kappa shape index (κ1) is 46.3. The number of aromatic hydroxyl groups is 1. The third-order valence-corrected chi connectivity index (χ3v) is 13.0. The summed E-state index contributed by atoms with van der Waals surface area (Å²) in [6.07, 6.45) is 5.89. The average Bonchev–Trinajstić information content (AvgIpc) is 3.57. The van der Waals surface area contributed by atoms with Gasteiger partial charge in [-0.3, -0.25) is 33.6 Å². The maximum atomic E-state index is 13.5. The van der Waals surface area contributed by atoms with Crippen molar-refractivity contribution in [2.75, 3.05) is 19.7 Å². The van der Waals surface area contributed by atoms with Crippen LogP contribution in [-0.4, -0.2) is 84.2 Å². The van der Waals surface area contributed by atoms with E-state index in [0.29, 0.717) is 47.7 Å². The predicted molar refractivity (Wildman–Crippen MR) is 234 cm³/mol. The molecular formula is C48H60N6O9. The SMILES string of the molecule is CC(C)C[C@H](NC(=O)[C@H](Cc1ccccc1)NC(=O)CNC(=O)CNC(=O)[C@H](Cc1ccc(O)cc1)NC(=O)COc1ccc2c(c1)CC[C@@H]1[C@@H]2CC[C@]2(C)C(=O)CC[C@@H]12)C(N)=O. The Morgan fingerprint density at radius 3 is 2.13 bits per heavy atom. The summed E-state index contributed by atoms with van der Waals surface area (Å²) >= 11 is 0. The molecule has 8 N–H and O–H groups in total. The van der Waals surface area contributed by atoms with Crippen LogP contribution in [0.5, 0.6) is 11.5 Å². The van der Waals surface area contributed by atoms with Crippen molar-refractivity contribution in [3.05, 3.63) is 95.1 Å². The van der Waals surface area contributed by atoms with Gasteiger partial charge in [0.05, 0.1) is 13.1 Å². The molecule has 2 saturated carbocycles. The molecular weight excluding hydrogens is 805 g/mol. The number of ketones is 1. The molecule has 0 aromatic heterocycles. The zero-order valence-electron chi connectivity index (χ0n) is 36.2. The van der Waals surface area contributed by atoms with Crippen molar-refractivity contribution in [3.63, 3.8) is 0 Å². The van der Waals surface area contributed by atoms with Gasteiger partial charge < -0.3 is 42.2 Å². The van der Waals surface area contributed by atoms with Crippen LogP contribution in [0.15, 0.2) is 72.8 Å². The molecule has 0 radical (unpaired) electrons. The van der Waals surface area contributed by atoms with Crippen LogP contribution in [0.1, 0.15) is 87.5 Å². The van der Waals surface area contributed by atoms with E-state index in [0.717, 1.165) is 37.7 Å². The first-order valence-corrected chi connectivity index (χ1v) is 21.9.